The number of aromatic nitrogens is 2. The third-order valence-electron chi connectivity index (χ3n) is 2.57. The maximum absolute atomic E-state index is 12.2. The molecule has 0 radical (unpaired) electrons. The highest BCUT2D eigenvalue weighted by atomic mass is 16.5. The van der Waals surface area contributed by atoms with Gasteiger partial charge >= 0.3 is 5.69 Å². The number of methoxy groups -OCH3 is 1. The van der Waals surface area contributed by atoms with E-state index in [2.05, 4.69) is 4.98 Å². The molecule has 1 aromatic carbocycles. The second-order valence-electron chi connectivity index (χ2n) is 3.91. The highest BCUT2D eigenvalue weighted by Crippen LogP contribution is 2.18. The van der Waals surface area contributed by atoms with Crippen LogP contribution in [0.5, 0.6) is 5.75 Å². The lowest BCUT2D eigenvalue weighted by molar-refractivity contribution is -0.117. The van der Waals surface area contributed by atoms with Gasteiger partial charge in [0, 0.05) is 0 Å². The lowest BCUT2D eigenvalue weighted by Crippen LogP contribution is -2.36. The molecule has 1 heterocycles. The van der Waals surface area contributed by atoms with Crippen LogP contribution in [0.4, 0.5) is 0 Å². The Morgan fingerprint density at radius 2 is 2.11 bits per heavy atom. The van der Waals surface area contributed by atoms with E-state index >= 15 is 0 Å². The summed E-state index contributed by atoms with van der Waals surface area (Å²) < 4.78 is 5.96. The third kappa shape index (κ3) is 1.92. The molecule has 94 valence electrons. The quantitative estimate of drug-likeness (QED) is 0.846. The zero-order valence-corrected chi connectivity index (χ0v) is 10.0. The molecule has 0 atom stereocenters. The number of H-pyrrole nitrogens is 1. The van der Waals surface area contributed by atoms with E-state index in [9.17, 15) is 14.4 Å². The summed E-state index contributed by atoms with van der Waals surface area (Å²) in [5, 5.41) is 0.265. The van der Waals surface area contributed by atoms with Gasteiger partial charge in [-0.05, 0) is 19.1 Å². The van der Waals surface area contributed by atoms with Gasteiger partial charge < -0.3 is 9.72 Å². The minimum atomic E-state index is -0.601. The van der Waals surface area contributed by atoms with E-state index in [-0.39, 0.29) is 17.7 Å². The van der Waals surface area contributed by atoms with Crippen molar-refractivity contribution in [3.63, 3.8) is 0 Å². The number of benzene rings is 1. The Kier molecular flexibility index (Phi) is 3.01. The molecule has 2 aromatic rings. The number of aromatic amines is 1. The molecule has 0 saturated carbocycles. The minimum Gasteiger partial charge on any atom is -0.496 e. The molecule has 1 N–H and O–H groups in total. The van der Waals surface area contributed by atoms with Gasteiger partial charge in [-0.3, -0.25) is 14.2 Å². The monoisotopic (exact) mass is 248 g/mol. The molecule has 0 aliphatic carbocycles. The van der Waals surface area contributed by atoms with E-state index in [0.29, 0.717) is 11.3 Å². The molecule has 0 amide bonds. The molecule has 1 aromatic heterocycles. The Balaban J connectivity index is 2.87. The van der Waals surface area contributed by atoms with Gasteiger partial charge in [-0.25, -0.2) is 4.79 Å². The van der Waals surface area contributed by atoms with Crippen LogP contribution in [-0.2, 0) is 11.3 Å². The van der Waals surface area contributed by atoms with Crippen LogP contribution in [0.3, 0.4) is 0 Å². The average Bonchev–Trinajstić information content (AvgIpc) is 2.33. The van der Waals surface area contributed by atoms with Crippen LogP contribution in [-0.4, -0.2) is 22.4 Å². The summed E-state index contributed by atoms with van der Waals surface area (Å²) in [7, 11) is 1.44. The van der Waals surface area contributed by atoms with Crippen LogP contribution < -0.4 is 16.0 Å². The van der Waals surface area contributed by atoms with E-state index in [1.165, 1.54) is 14.0 Å². The number of hydrogen-bond acceptors (Lipinski definition) is 4. The molecule has 0 unspecified atom stereocenters. The van der Waals surface area contributed by atoms with Gasteiger partial charge in [-0.2, -0.15) is 0 Å². The Bertz CT molecular complexity index is 727. The van der Waals surface area contributed by atoms with Gasteiger partial charge in [0.05, 0.1) is 19.2 Å². The topological polar surface area (TPSA) is 81.2 Å². The van der Waals surface area contributed by atoms with E-state index in [1.807, 2.05) is 0 Å². The van der Waals surface area contributed by atoms with Crippen molar-refractivity contribution in [3.05, 3.63) is 39.0 Å². The van der Waals surface area contributed by atoms with Crippen molar-refractivity contribution in [3.8, 4) is 5.75 Å². The van der Waals surface area contributed by atoms with Gasteiger partial charge in [0.2, 0.25) is 0 Å². The van der Waals surface area contributed by atoms with Crippen LogP contribution in [0, 0.1) is 0 Å². The Morgan fingerprint density at radius 1 is 1.39 bits per heavy atom. The molecule has 6 nitrogen and oxygen atoms in total. The van der Waals surface area contributed by atoms with Gasteiger partial charge in [0.25, 0.3) is 5.56 Å². The number of ketones is 1. The van der Waals surface area contributed by atoms with Crippen molar-refractivity contribution < 1.29 is 9.53 Å². The van der Waals surface area contributed by atoms with Gasteiger partial charge in [-0.1, -0.05) is 6.07 Å². The minimum absolute atomic E-state index is 0.248. The third-order valence-corrected chi connectivity index (χ3v) is 2.57. The zero-order valence-electron chi connectivity index (χ0n) is 10.0. The van der Waals surface area contributed by atoms with Crippen LogP contribution in [0.15, 0.2) is 27.8 Å². The van der Waals surface area contributed by atoms with Crippen LogP contribution in [0.25, 0.3) is 10.9 Å². The molecular formula is C12H12N2O4. The predicted molar refractivity (Wildman–Crippen MR) is 66.1 cm³/mol. The fourth-order valence-electron chi connectivity index (χ4n) is 1.80. The van der Waals surface area contributed by atoms with Gasteiger partial charge in [-0.15, -0.1) is 0 Å². The largest absolute Gasteiger partial charge is 0.496 e. The molecule has 18 heavy (non-hydrogen) atoms. The number of carbonyl (C=O) groups is 1. The van der Waals surface area contributed by atoms with Gasteiger partial charge in [0.1, 0.15) is 16.9 Å². The zero-order chi connectivity index (χ0) is 13.3. The summed E-state index contributed by atoms with van der Waals surface area (Å²) in [6.07, 6.45) is 0. The van der Waals surface area contributed by atoms with E-state index in [0.717, 1.165) is 4.57 Å². The number of nitrogens with zero attached hydrogens (tertiary/aromatic N) is 1. The number of rotatable bonds is 3. The summed E-state index contributed by atoms with van der Waals surface area (Å²) in [5.41, 5.74) is -0.735. The number of ether oxygens (including phenoxy) is 1. The molecule has 6 heteroatoms. The second-order valence-corrected chi connectivity index (χ2v) is 3.91. The van der Waals surface area contributed by atoms with Crippen LogP contribution in [0.1, 0.15) is 6.92 Å². The average molecular weight is 248 g/mol. The van der Waals surface area contributed by atoms with Crippen LogP contribution in [0.2, 0.25) is 0 Å². The van der Waals surface area contributed by atoms with E-state index < -0.39 is 11.2 Å². The summed E-state index contributed by atoms with van der Waals surface area (Å²) in [6.45, 7) is 1.07. The van der Waals surface area contributed by atoms with Gasteiger partial charge in [0.15, 0.2) is 0 Å². The summed E-state index contributed by atoms with van der Waals surface area (Å²) in [6, 6.07) is 4.91. The Labute approximate surface area is 102 Å². The summed E-state index contributed by atoms with van der Waals surface area (Å²) >= 11 is 0. The molecule has 0 bridgehead atoms. The first kappa shape index (κ1) is 12.1. The lowest BCUT2D eigenvalue weighted by Gasteiger charge is -2.07. The number of Topliss-reactive ketones (excluding diaryl/α,β-unsaturated/α-hetero) is 1. The van der Waals surface area contributed by atoms with Crippen molar-refractivity contribution in [1.29, 1.82) is 0 Å². The van der Waals surface area contributed by atoms with Crippen molar-refractivity contribution >= 4 is 16.7 Å². The van der Waals surface area contributed by atoms with Crippen LogP contribution >= 0.6 is 0 Å². The maximum Gasteiger partial charge on any atom is 0.329 e. The highest BCUT2D eigenvalue weighted by Gasteiger charge is 2.12. The van der Waals surface area contributed by atoms with Crippen molar-refractivity contribution in [1.82, 2.24) is 9.55 Å². The molecule has 2 rings (SSSR count). The fourth-order valence-corrected chi connectivity index (χ4v) is 1.80. The molecule has 0 aliphatic heterocycles. The second kappa shape index (κ2) is 4.48. The first-order valence-electron chi connectivity index (χ1n) is 5.34. The molecule has 0 spiro atoms. The van der Waals surface area contributed by atoms with Crippen molar-refractivity contribution in [2.75, 3.05) is 7.11 Å². The highest BCUT2D eigenvalue weighted by molar-refractivity contribution is 5.84. The summed E-state index contributed by atoms with van der Waals surface area (Å²) in [4.78, 5) is 37.5. The normalized spacial score (nSPS) is 10.6. The van der Waals surface area contributed by atoms with Crippen molar-refractivity contribution in [2.24, 2.45) is 0 Å². The molecule has 0 fully saturated rings. The smallest absolute Gasteiger partial charge is 0.329 e. The van der Waals surface area contributed by atoms with Crippen molar-refractivity contribution in [2.45, 2.75) is 13.5 Å². The van der Waals surface area contributed by atoms with E-state index in [1.54, 1.807) is 18.2 Å². The maximum atomic E-state index is 12.2. The standard InChI is InChI=1S/C12H12N2O4/c1-7(15)6-14-11(16)10-8(13-12(14)17)4-3-5-9(10)18-2/h3-5H,6H2,1-2H3,(H,13,17). The van der Waals surface area contributed by atoms with E-state index in [4.69, 9.17) is 4.74 Å². The molecule has 0 saturated heterocycles. The number of fused-ring (bicyclic) bond motifs is 1. The molecule has 0 aliphatic rings. The number of hydrogen-bond donors (Lipinski definition) is 1. The SMILES string of the molecule is COc1cccc2[nH]c(=O)n(CC(C)=O)c(=O)c12. The Morgan fingerprint density at radius 3 is 2.72 bits per heavy atom. The summed E-state index contributed by atoms with van der Waals surface area (Å²) in [5.74, 6) is 0.0999. The predicted octanol–water partition coefficient (Wildman–Crippen LogP) is 0.287. The Hall–Kier alpha value is -2.37. The first-order chi connectivity index (χ1) is 8.54. The lowest BCUT2D eigenvalue weighted by atomic mass is 10.2. The molecular weight excluding hydrogens is 236 g/mol. The number of nitrogens with one attached hydrogen (secondary N) is 1. The fraction of sp³-hybridized carbons (Fsp3) is 0.250. The first-order valence-corrected chi connectivity index (χ1v) is 5.34. The number of carbonyl (C=O) groups excluding carboxylic acids is 1.